The fourth-order valence-corrected chi connectivity index (χ4v) is 1.52. The molecule has 7 heteroatoms. The molecule has 0 saturated carbocycles. The first-order valence-electron chi connectivity index (χ1n) is 6.18. The molecule has 0 atom stereocenters. The minimum Gasteiger partial charge on any atom is -0.311 e. The topological polar surface area (TPSA) is 46.0 Å². The van der Waals surface area contributed by atoms with Gasteiger partial charge in [-0.05, 0) is 20.0 Å². The SMILES string of the molecule is CCCNCc1cn(CCN(C)CC(F)F)nn1. The second-order valence-corrected chi connectivity index (χ2v) is 4.30. The summed E-state index contributed by atoms with van der Waals surface area (Å²) in [5, 5.41) is 11.2. The third-order valence-corrected chi connectivity index (χ3v) is 2.48. The van der Waals surface area contributed by atoms with E-state index in [4.69, 9.17) is 0 Å². The summed E-state index contributed by atoms with van der Waals surface area (Å²) >= 11 is 0. The van der Waals surface area contributed by atoms with Crippen LogP contribution in [0, 0.1) is 0 Å². The first kappa shape index (κ1) is 15.0. The molecule has 18 heavy (non-hydrogen) atoms. The molecule has 0 radical (unpaired) electrons. The molecule has 0 fully saturated rings. The predicted octanol–water partition coefficient (Wildman–Crippen LogP) is 0.975. The number of hydrogen-bond acceptors (Lipinski definition) is 4. The molecule has 0 aliphatic carbocycles. The van der Waals surface area contributed by atoms with Gasteiger partial charge in [-0.25, -0.2) is 8.78 Å². The highest BCUT2D eigenvalue weighted by molar-refractivity contribution is 4.91. The van der Waals surface area contributed by atoms with E-state index in [0.717, 1.165) is 18.7 Å². The Morgan fingerprint density at radius 2 is 2.28 bits per heavy atom. The zero-order valence-electron chi connectivity index (χ0n) is 10.9. The summed E-state index contributed by atoms with van der Waals surface area (Å²) in [7, 11) is 1.67. The van der Waals surface area contributed by atoms with Crippen molar-refractivity contribution in [1.29, 1.82) is 0 Å². The first-order chi connectivity index (χ1) is 8.61. The zero-order valence-corrected chi connectivity index (χ0v) is 10.9. The number of likely N-dealkylation sites (N-methyl/N-ethyl adjacent to an activating group) is 1. The number of hydrogen-bond donors (Lipinski definition) is 1. The van der Waals surface area contributed by atoms with Crippen LogP contribution < -0.4 is 5.32 Å². The number of nitrogens with zero attached hydrogens (tertiary/aromatic N) is 4. The van der Waals surface area contributed by atoms with Crippen LogP contribution in [0.4, 0.5) is 8.78 Å². The number of aromatic nitrogens is 3. The van der Waals surface area contributed by atoms with Crippen molar-refractivity contribution in [3.63, 3.8) is 0 Å². The molecule has 0 bridgehead atoms. The normalized spacial score (nSPS) is 11.7. The van der Waals surface area contributed by atoms with Crippen LogP contribution in [0.3, 0.4) is 0 Å². The Morgan fingerprint density at radius 3 is 2.94 bits per heavy atom. The van der Waals surface area contributed by atoms with Gasteiger partial charge >= 0.3 is 0 Å². The van der Waals surface area contributed by atoms with Gasteiger partial charge in [-0.15, -0.1) is 5.10 Å². The molecule has 1 N–H and O–H groups in total. The molecule has 104 valence electrons. The number of halogens is 2. The summed E-state index contributed by atoms with van der Waals surface area (Å²) in [6, 6.07) is 0. The van der Waals surface area contributed by atoms with Crippen LogP contribution in [0.25, 0.3) is 0 Å². The second-order valence-electron chi connectivity index (χ2n) is 4.30. The highest BCUT2D eigenvalue weighted by Crippen LogP contribution is 1.97. The summed E-state index contributed by atoms with van der Waals surface area (Å²) < 4.78 is 25.9. The third kappa shape index (κ3) is 6.02. The Balaban J connectivity index is 2.26. The molecule has 0 unspecified atom stereocenters. The average molecular weight is 261 g/mol. The molecule has 1 aromatic heterocycles. The van der Waals surface area contributed by atoms with Crippen LogP contribution in [0.5, 0.6) is 0 Å². The summed E-state index contributed by atoms with van der Waals surface area (Å²) in [6.45, 7) is 4.65. The van der Waals surface area contributed by atoms with E-state index in [-0.39, 0.29) is 6.54 Å². The fourth-order valence-electron chi connectivity index (χ4n) is 1.52. The van der Waals surface area contributed by atoms with Crippen molar-refractivity contribution < 1.29 is 8.78 Å². The van der Waals surface area contributed by atoms with Gasteiger partial charge in [0, 0.05) is 19.3 Å². The maximum Gasteiger partial charge on any atom is 0.251 e. The first-order valence-corrected chi connectivity index (χ1v) is 6.18. The Hall–Kier alpha value is -1.08. The molecule has 0 saturated heterocycles. The van der Waals surface area contributed by atoms with Gasteiger partial charge in [-0.2, -0.15) is 0 Å². The van der Waals surface area contributed by atoms with E-state index in [1.807, 2.05) is 6.20 Å². The van der Waals surface area contributed by atoms with Crippen LogP contribution in [-0.2, 0) is 13.1 Å². The van der Waals surface area contributed by atoms with E-state index in [0.29, 0.717) is 19.6 Å². The smallest absolute Gasteiger partial charge is 0.251 e. The minimum atomic E-state index is -2.29. The van der Waals surface area contributed by atoms with Gasteiger partial charge in [0.15, 0.2) is 0 Å². The lowest BCUT2D eigenvalue weighted by molar-refractivity contribution is 0.0983. The van der Waals surface area contributed by atoms with Crippen molar-refractivity contribution in [3.8, 4) is 0 Å². The summed E-state index contributed by atoms with van der Waals surface area (Å²) in [6.07, 6.45) is 0.630. The summed E-state index contributed by atoms with van der Waals surface area (Å²) in [5.41, 5.74) is 0.875. The summed E-state index contributed by atoms with van der Waals surface area (Å²) in [4.78, 5) is 1.58. The van der Waals surface area contributed by atoms with E-state index in [2.05, 4.69) is 22.6 Å². The van der Waals surface area contributed by atoms with E-state index < -0.39 is 6.43 Å². The lowest BCUT2D eigenvalue weighted by Crippen LogP contribution is -2.28. The quantitative estimate of drug-likeness (QED) is 0.673. The van der Waals surface area contributed by atoms with Crippen LogP contribution in [0.2, 0.25) is 0 Å². The average Bonchev–Trinajstić information content (AvgIpc) is 2.74. The van der Waals surface area contributed by atoms with Gasteiger partial charge in [-0.3, -0.25) is 9.58 Å². The molecule has 1 heterocycles. The van der Waals surface area contributed by atoms with Crippen LogP contribution in [0.15, 0.2) is 6.20 Å². The molecule has 0 aromatic carbocycles. The number of nitrogens with one attached hydrogen (secondary N) is 1. The highest BCUT2D eigenvalue weighted by atomic mass is 19.3. The molecule has 5 nitrogen and oxygen atoms in total. The molecule has 0 amide bonds. The van der Waals surface area contributed by atoms with Gasteiger partial charge in [-0.1, -0.05) is 12.1 Å². The van der Waals surface area contributed by atoms with Crippen LogP contribution >= 0.6 is 0 Å². The van der Waals surface area contributed by atoms with Crippen molar-refractivity contribution in [2.24, 2.45) is 0 Å². The molecule has 0 aliphatic rings. The molecule has 1 aromatic rings. The monoisotopic (exact) mass is 261 g/mol. The number of rotatable bonds is 9. The van der Waals surface area contributed by atoms with Crippen molar-refractivity contribution in [3.05, 3.63) is 11.9 Å². The van der Waals surface area contributed by atoms with E-state index in [1.54, 1.807) is 16.6 Å². The Morgan fingerprint density at radius 1 is 1.50 bits per heavy atom. The lowest BCUT2D eigenvalue weighted by atomic mass is 10.4. The molecule has 0 spiro atoms. The van der Waals surface area contributed by atoms with Crippen LogP contribution in [0.1, 0.15) is 19.0 Å². The van der Waals surface area contributed by atoms with Gasteiger partial charge in [0.05, 0.1) is 18.8 Å². The molecule has 1 rings (SSSR count). The van der Waals surface area contributed by atoms with Gasteiger partial charge in [0.25, 0.3) is 6.43 Å². The molecular formula is C11H21F2N5. The Kier molecular flexibility index (Phi) is 6.74. The van der Waals surface area contributed by atoms with Crippen molar-refractivity contribution >= 4 is 0 Å². The maximum absolute atomic E-state index is 12.1. The Bertz CT molecular complexity index is 329. The maximum atomic E-state index is 12.1. The molecule has 0 aliphatic heterocycles. The van der Waals surface area contributed by atoms with Gasteiger partial charge < -0.3 is 5.32 Å². The standard InChI is InChI=1S/C11H21F2N5/c1-3-4-14-7-10-8-18(16-15-10)6-5-17(2)9-11(12)13/h8,11,14H,3-7,9H2,1-2H3. The third-order valence-electron chi connectivity index (χ3n) is 2.48. The van der Waals surface area contributed by atoms with Gasteiger partial charge in [0.1, 0.15) is 0 Å². The van der Waals surface area contributed by atoms with Crippen molar-refractivity contribution in [1.82, 2.24) is 25.2 Å². The lowest BCUT2D eigenvalue weighted by Gasteiger charge is -2.15. The van der Waals surface area contributed by atoms with E-state index in [1.165, 1.54) is 0 Å². The Labute approximate surface area is 106 Å². The van der Waals surface area contributed by atoms with E-state index in [9.17, 15) is 8.78 Å². The van der Waals surface area contributed by atoms with Gasteiger partial charge in [0.2, 0.25) is 0 Å². The minimum absolute atomic E-state index is 0.209. The molecular weight excluding hydrogens is 240 g/mol. The largest absolute Gasteiger partial charge is 0.311 e. The fraction of sp³-hybridized carbons (Fsp3) is 0.818. The van der Waals surface area contributed by atoms with Crippen molar-refractivity contribution in [2.75, 3.05) is 26.7 Å². The van der Waals surface area contributed by atoms with Crippen molar-refractivity contribution in [2.45, 2.75) is 32.9 Å². The highest BCUT2D eigenvalue weighted by Gasteiger charge is 2.08. The predicted molar refractivity (Wildman–Crippen MR) is 65.5 cm³/mol. The van der Waals surface area contributed by atoms with Crippen LogP contribution in [-0.4, -0.2) is 53.0 Å². The number of alkyl halides is 2. The zero-order chi connectivity index (χ0) is 13.4. The summed E-state index contributed by atoms with van der Waals surface area (Å²) in [5.74, 6) is 0. The van der Waals surface area contributed by atoms with E-state index >= 15 is 0 Å². The second kappa shape index (κ2) is 8.10.